The largest absolute Gasteiger partial charge is 0.388 e. The number of aliphatic hydroxyl groups excluding tert-OH is 1. The second kappa shape index (κ2) is 5.33. The first kappa shape index (κ1) is 13.3. The van der Waals surface area contributed by atoms with Crippen LogP contribution >= 0.6 is 0 Å². The predicted molar refractivity (Wildman–Crippen MR) is 73.4 cm³/mol. The Bertz CT molecular complexity index is 600. The Morgan fingerprint density at radius 2 is 1.75 bits per heavy atom. The molecule has 1 atom stereocenters. The van der Waals surface area contributed by atoms with Gasteiger partial charge in [0.2, 0.25) is 0 Å². The van der Waals surface area contributed by atoms with Crippen LogP contribution in [0.1, 0.15) is 41.6 Å². The summed E-state index contributed by atoms with van der Waals surface area (Å²) in [5.74, 6) is -0.605. The molecule has 2 aromatic rings. The normalized spacial score (nSPS) is 16.1. The van der Waals surface area contributed by atoms with Gasteiger partial charge in [0.1, 0.15) is 11.6 Å². The van der Waals surface area contributed by atoms with Crippen LogP contribution in [0.2, 0.25) is 0 Å². The molecular weight excluding hydrogens is 258 g/mol. The van der Waals surface area contributed by atoms with E-state index in [4.69, 9.17) is 0 Å². The van der Waals surface area contributed by atoms with E-state index in [1.54, 1.807) is 0 Å². The van der Waals surface area contributed by atoms with Crippen LogP contribution in [0.15, 0.2) is 42.5 Å². The zero-order valence-corrected chi connectivity index (χ0v) is 11.0. The summed E-state index contributed by atoms with van der Waals surface area (Å²) in [6, 6.07) is 11.2. The van der Waals surface area contributed by atoms with Gasteiger partial charge in [-0.25, -0.2) is 8.78 Å². The van der Waals surface area contributed by atoms with E-state index in [2.05, 4.69) is 6.07 Å². The van der Waals surface area contributed by atoms with Gasteiger partial charge in [0, 0.05) is 12.5 Å². The molecular formula is C17H16F2O. The third-order valence-corrected chi connectivity index (χ3v) is 3.70. The summed E-state index contributed by atoms with van der Waals surface area (Å²) in [5, 5.41) is 10.2. The Labute approximate surface area is 116 Å². The van der Waals surface area contributed by atoms with Crippen LogP contribution in [0.5, 0.6) is 0 Å². The topological polar surface area (TPSA) is 20.2 Å². The van der Waals surface area contributed by atoms with Crippen molar-refractivity contribution < 1.29 is 13.9 Å². The Balaban J connectivity index is 1.78. The first-order valence-electron chi connectivity index (χ1n) is 6.85. The van der Waals surface area contributed by atoms with Crippen LogP contribution in [-0.2, 0) is 6.42 Å². The van der Waals surface area contributed by atoms with Crippen LogP contribution < -0.4 is 0 Å². The van der Waals surface area contributed by atoms with Crippen LogP contribution in [-0.4, -0.2) is 5.11 Å². The number of aliphatic hydroxyl groups is 1. The SMILES string of the molecule is OC(Cc1cc(F)cc(F)c1)c1cccc(C2CC2)c1. The van der Waals surface area contributed by atoms with Gasteiger partial charge < -0.3 is 5.11 Å². The fourth-order valence-electron chi connectivity index (χ4n) is 2.51. The van der Waals surface area contributed by atoms with Crippen LogP contribution in [0.4, 0.5) is 8.78 Å². The van der Waals surface area contributed by atoms with Crippen molar-refractivity contribution in [1.82, 2.24) is 0 Å². The average molecular weight is 274 g/mol. The van der Waals surface area contributed by atoms with Crippen LogP contribution in [0.3, 0.4) is 0 Å². The monoisotopic (exact) mass is 274 g/mol. The van der Waals surface area contributed by atoms with Gasteiger partial charge in [-0.3, -0.25) is 0 Å². The summed E-state index contributed by atoms with van der Waals surface area (Å²) in [7, 11) is 0. The van der Waals surface area contributed by atoms with Gasteiger partial charge in [0.15, 0.2) is 0 Å². The standard InChI is InChI=1S/C17H16F2O/c18-15-6-11(7-16(19)10-15)8-17(20)14-3-1-2-13(9-14)12-4-5-12/h1-3,6-7,9-10,12,17,20H,4-5,8H2. The van der Waals surface area contributed by atoms with Crippen molar-refractivity contribution in [3.63, 3.8) is 0 Å². The molecule has 1 unspecified atom stereocenters. The van der Waals surface area contributed by atoms with Crippen molar-refractivity contribution in [2.75, 3.05) is 0 Å². The van der Waals surface area contributed by atoms with Crippen molar-refractivity contribution in [3.05, 3.63) is 70.8 Å². The molecule has 3 heteroatoms. The van der Waals surface area contributed by atoms with Crippen LogP contribution in [0, 0.1) is 11.6 Å². The van der Waals surface area contributed by atoms with E-state index in [-0.39, 0.29) is 6.42 Å². The fraction of sp³-hybridized carbons (Fsp3) is 0.294. The molecule has 0 spiro atoms. The molecule has 0 heterocycles. The van der Waals surface area contributed by atoms with Gasteiger partial charge in [0.05, 0.1) is 6.10 Å². The highest BCUT2D eigenvalue weighted by Gasteiger charge is 2.24. The lowest BCUT2D eigenvalue weighted by molar-refractivity contribution is 0.178. The maximum atomic E-state index is 13.1. The van der Waals surface area contributed by atoms with Gasteiger partial charge in [-0.2, -0.15) is 0 Å². The maximum absolute atomic E-state index is 13.1. The highest BCUT2D eigenvalue weighted by molar-refractivity contribution is 5.31. The Kier molecular flexibility index (Phi) is 3.53. The Hall–Kier alpha value is -1.74. The highest BCUT2D eigenvalue weighted by atomic mass is 19.1. The van der Waals surface area contributed by atoms with E-state index in [9.17, 15) is 13.9 Å². The molecule has 1 saturated carbocycles. The molecule has 1 fully saturated rings. The zero-order chi connectivity index (χ0) is 14.1. The van der Waals surface area contributed by atoms with Crippen LogP contribution in [0.25, 0.3) is 0 Å². The average Bonchev–Trinajstić information content (AvgIpc) is 3.22. The molecule has 1 aliphatic rings. The minimum absolute atomic E-state index is 0.211. The van der Waals surface area contributed by atoms with E-state index < -0.39 is 17.7 Å². The third-order valence-electron chi connectivity index (χ3n) is 3.70. The summed E-state index contributed by atoms with van der Waals surface area (Å²) in [5.41, 5.74) is 2.51. The van der Waals surface area contributed by atoms with E-state index in [0.29, 0.717) is 11.5 Å². The zero-order valence-electron chi connectivity index (χ0n) is 11.0. The molecule has 1 N–H and O–H groups in total. The van der Waals surface area contributed by atoms with Gasteiger partial charge in [-0.15, -0.1) is 0 Å². The highest BCUT2D eigenvalue weighted by Crippen LogP contribution is 2.40. The van der Waals surface area contributed by atoms with Gasteiger partial charge in [-0.05, 0) is 47.6 Å². The molecule has 0 saturated heterocycles. The van der Waals surface area contributed by atoms with Crippen molar-refractivity contribution in [2.45, 2.75) is 31.3 Å². The number of benzene rings is 2. The maximum Gasteiger partial charge on any atom is 0.126 e. The van der Waals surface area contributed by atoms with Gasteiger partial charge >= 0.3 is 0 Å². The van der Waals surface area contributed by atoms with Gasteiger partial charge in [0.25, 0.3) is 0 Å². The third kappa shape index (κ3) is 3.05. The van der Waals surface area contributed by atoms with E-state index in [1.807, 2.05) is 18.2 Å². The lowest BCUT2D eigenvalue weighted by atomic mass is 9.98. The first-order valence-corrected chi connectivity index (χ1v) is 6.85. The lowest BCUT2D eigenvalue weighted by Gasteiger charge is -2.12. The fourth-order valence-corrected chi connectivity index (χ4v) is 2.51. The Morgan fingerprint density at radius 3 is 2.40 bits per heavy atom. The quantitative estimate of drug-likeness (QED) is 0.889. The molecule has 0 radical (unpaired) electrons. The van der Waals surface area contributed by atoms with Crippen molar-refractivity contribution in [1.29, 1.82) is 0 Å². The van der Waals surface area contributed by atoms with E-state index in [0.717, 1.165) is 11.6 Å². The number of halogens is 2. The number of rotatable bonds is 4. The second-order valence-corrected chi connectivity index (χ2v) is 5.44. The predicted octanol–water partition coefficient (Wildman–Crippen LogP) is 4.12. The van der Waals surface area contributed by atoms with Gasteiger partial charge in [-0.1, -0.05) is 24.3 Å². The molecule has 0 aliphatic heterocycles. The molecule has 1 aliphatic carbocycles. The first-order chi connectivity index (χ1) is 9.61. The van der Waals surface area contributed by atoms with Crippen molar-refractivity contribution in [3.8, 4) is 0 Å². The van der Waals surface area contributed by atoms with E-state index in [1.165, 1.54) is 30.5 Å². The molecule has 3 rings (SSSR count). The lowest BCUT2D eigenvalue weighted by Crippen LogP contribution is -2.03. The molecule has 20 heavy (non-hydrogen) atoms. The smallest absolute Gasteiger partial charge is 0.126 e. The Morgan fingerprint density at radius 1 is 1.05 bits per heavy atom. The molecule has 1 nitrogen and oxygen atoms in total. The minimum atomic E-state index is -0.741. The van der Waals surface area contributed by atoms with E-state index >= 15 is 0 Å². The molecule has 0 aromatic heterocycles. The second-order valence-electron chi connectivity index (χ2n) is 5.44. The summed E-state index contributed by atoms with van der Waals surface area (Å²) in [4.78, 5) is 0. The number of hydrogen-bond donors (Lipinski definition) is 1. The summed E-state index contributed by atoms with van der Waals surface area (Å²) in [6.07, 6.45) is 1.88. The summed E-state index contributed by atoms with van der Waals surface area (Å²) >= 11 is 0. The number of hydrogen-bond acceptors (Lipinski definition) is 1. The summed E-state index contributed by atoms with van der Waals surface area (Å²) < 4.78 is 26.3. The summed E-state index contributed by atoms with van der Waals surface area (Å²) in [6.45, 7) is 0. The molecule has 0 bridgehead atoms. The molecule has 0 amide bonds. The molecule has 104 valence electrons. The van der Waals surface area contributed by atoms with Crippen molar-refractivity contribution in [2.24, 2.45) is 0 Å². The minimum Gasteiger partial charge on any atom is -0.388 e. The van der Waals surface area contributed by atoms with Crippen molar-refractivity contribution >= 4 is 0 Å². The molecule has 2 aromatic carbocycles.